The Morgan fingerprint density at radius 3 is 2.71 bits per heavy atom. The summed E-state index contributed by atoms with van der Waals surface area (Å²) in [6, 6.07) is 9.03. The fraction of sp³-hybridized carbons (Fsp3) is 0.250. The van der Waals surface area contributed by atoms with Gasteiger partial charge in [0, 0.05) is 5.56 Å². The number of aromatic nitrogens is 2. The van der Waals surface area contributed by atoms with Gasteiger partial charge in [-0.1, -0.05) is 13.0 Å². The number of hydrogen-bond donors (Lipinski definition) is 1. The first-order valence-corrected chi connectivity index (χ1v) is 6.81. The van der Waals surface area contributed by atoms with Gasteiger partial charge in [-0.05, 0) is 36.8 Å². The number of allylic oxidation sites excluding steroid dienone is 1. The zero-order valence-corrected chi connectivity index (χ0v) is 12.0. The number of benzene rings is 1. The maximum absolute atomic E-state index is 11.2. The number of carboxylic acids is 1. The van der Waals surface area contributed by atoms with Crippen LogP contribution in [0.3, 0.4) is 0 Å². The van der Waals surface area contributed by atoms with Gasteiger partial charge in [-0.15, -0.1) is 6.58 Å². The van der Waals surface area contributed by atoms with Crippen molar-refractivity contribution in [2.24, 2.45) is 0 Å². The van der Waals surface area contributed by atoms with Crippen molar-refractivity contribution in [3.8, 4) is 17.0 Å². The van der Waals surface area contributed by atoms with Gasteiger partial charge < -0.3 is 9.84 Å². The van der Waals surface area contributed by atoms with Crippen LogP contribution < -0.4 is 4.74 Å². The summed E-state index contributed by atoms with van der Waals surface area (Å²) in [6.45, 7) is 6.70. The van der Waals surface area contributed by atoms with Crippen LogP contribution in [-0.2, 0) is 6.54 Å². The lowest BCUT2D eigenvalue weighted by Gasteiger charge is -2.04. The monoisotopic (exact) mass is 286 g/mol. The average Bonchev–Trinajstić information content (AvgIpc) is 2.90. The lowest BCUT2D eigenvalue weighted by molar-refractivity contribution is 0.0684. The topological polar surface area (TPSA) is 64.4 Å². The molecule has 5 nitrogen and oxygen atoms in total. The summed E-state index contributed by atoms with van der Waals surface area (Å²) in [7, 11) is 0. The largest absolute Gasteiger partial charge is 0.494 e. The summed E-state index contributed by atoms with van der Waals surface area (Å²) < 4.78 is 6.94. The standard InChI is InChI=1S/C16H18N2O3/c1-3-9-18-15(16(19)20)11-14(17-18)12-5-7-13(8-6-12)21-10-4-2/h3,5-8,11H,1,4,9-10H2,2H3,(H,19,20). The van der Waals surface area contributed by atoms with Crippen LogP contribution in [0.2, 0.25) is 0 Å². The second-order valence-corrected chi connectivity index (χ2v) is 4.56. The van der Waals surface area contributed by atoms with Crippen LogP contribution in [0.25, 0.3) is 11.3 Å². The van der Waals surface area contributed by atoms with E-state index < -0.39 is 5.97 Å². The molecule has 0 radical (unpaired) electrons. The molecule has 1 aromatic heterocycles. The van der Waals surface area contributed by atoms with E-state index in [1.807, 2.05) is 31.2 Å². The quantitative estimate of drug-likeness (QED) is 0.794. The molecular formula is C16H18N2O3. The van der Waals surface area contributed by atoms with Crippen LogP contribution in [0.4, 0.5) is 0 Å². The molecule has 2 rings (SSSR count). The molecule has 2 aromatic rings. The smallest absolute Gasteiger partial charge is 0.354 e. The number of carbonyl (C=O) groups is 1. The Morgan fingerprint density at radius 1 is 1.43 bits per heavy atom. The molecule has 0 unspecified atom stereocenters. The molecule has 0 atom stereocenters. The van der Waals surface area contributed by atoms with E-state index in [9.17, 15) is 9.90 Å². The molecule has 1 aromatic carbocycles. The van der Waals surface area contributed by atoms with Crippen LogP contribution in [0.15, 0.2) is 43.0 Å². The Morgan fingerprint density at radius 2 is 2.14 bits per heavy atom. The molecule has 0 saturated carbocycles. The van der Waals surface area contributed by atoms with E-state index in [0.29, 0.717) is 18.8 Å². The van der Waals surface area contributed by atoms with Crippen LogP contribution in [0.5, 0.6) is 5.75 Å². The molecule has 5 heteroatoms. The van der Waals surface area contributed by atoms with Gasteiger partial charge in [0.05, 0.1) is 18.8 Å². The van der Waals surface area contributed by atoms with E-state index in [1.54, 1.807) is 12.1 Å². The molecule has 0 amide bonds. The highest BCUT2D eigenvalue weighted by Gasteiger charge is 2.14. The van der Waals surface area contributed by atoms with Crippen molar-refractivity contribution < 1.29 is 14.6 Å². The molecule has 0 saturated heterocycles. The Bertz CT molecular complexity index is 629. The van der Waals surface area contributed by atoms with Gasteiger partial charge in [-0.2, -0.15) is 5.10 Å². The molecular weight excluding hydrogens is 268 g/mol. The fourth-order valence-corrected chi connectivity index (χ4v) is 1.93. The number of ether oxygens (including phenoxy) is 1. The van der Waals surface area contributed by atoms with Crippen molar-refractivity contribution in [3.05, 3.63) is 48.7 Å². The predicted octanol–water partition coefficient (Wildman–Crippen LogP) is 3.22. The molecule has 0 fully saturated rings. The van der Waals surface area contributed by atoms with E-state index in [-0.39, 0.29) is 5.69 Å². The van der Waals surface area contributed by atoms with E-state index in [2.05, 4.69) is 11.7 Å². The van der Waals surface area contributed by atoms with Gasteiger partial charge in [0.25, 0.3) is 0 Å². The van der Waals surface area contributed by atoms with Crippen molar-refractivity contribution in [1.82, 2.24) is 9.78 Å². The van der Waals surface area contributed by atoms with E-state index in [0.717, 1.165) is 17.7 Å². The summed E-state index contributed by atoms with van der Waals surface area (Å²) in [4.78, 5) is 11.2. The van der Waals surface area contributed by atoms with Gasteiger partial charge in [0.1, 0.15) is 11.4 Å². The van der Waals surface area contributed by atoms with Gasteiger partial charge in [-0.3, -0.25) is 4.68 Å². The highest BCUT2D eigenvalue weighted by Crippen LogP contribution is 2.22. The molecule has 0 bridgehead atoms. The minimum Gasteiger partial charge on any atom is -0.494 e. The van der Waals surface area contributed by atoms with Crippen molar-refractivity contribution in [3.63, 3.8) is 0 Å². The number of aromatic carboxylic acids is 1. The van der Waals surface area contributed by atoms with Gasteiger partial charge in [0.15, 0.2) is 0 Å². The fourth-order valence-electron chi connectivity index (χ4n) is 1.93. The number of hydrogen-bond acceptors (Lipinski definition) is 3. The Balaban J connectivity index is 2.27. The van der Waals surface area contributed by atoms with Gasteiger partial charge in [-0.25, -0.2) is 4.79 Å². The minimum absolute atomic E-state index is 0.149. The first kappa shape index (κ1) is 14.8. The summed E-state index contributed by atoms with van der Waals surface area (Å²) in [6.07, 6.45) is 2.57. The molecule has 21 heavy (non-hydrogen) atoms. The summed E-state index contributed by atoms with van der Waals surface area (Å²) >= 11 is 0. The molecule has 0 aliphatic carbocycles. The first-order chi connectivity index (χ1) is 10.2. The first-order valence-electron chi connectivity index (χ1n) is 6.81. The molecule has 0 aliphatic rings. The molecule has 0 spiro atoms. The van der Waals surface area contributed by atoms with Crippen LogP contribution >= 0.6 is 0 Å². The maximum Gasteiger partial charge on any atom is 0.354 e. The van der Waals surface area contributed by atoms with Crippen molar-refractivity contribution in [2.45, 2.75) is 19.9 Å². The number of nitrogens with zero attached hydrogens (tertiary/aromatic N) is 2. The average molecular weight is 286 g/mol. The second-order valence-electron chi connectivity index (χ2n) is 4.56. The Kier molecular flexibility index (Phi) is 4.77. The molecule has 1 N–H and O–H groups in total. The van der Waals surface area contributed by atoms with Crippen LogP contribution in [0.1, 0.15) is 23.8 Å². The number of carboxylic acid groups (broad SMARTS) is 1. The van der Waals surface area contributed by atoms with Gasteiger partial charge in [0.2, 0.25) is 0 Å². The minimum atomic E-state index is -1.00. The zero-order valence-electron chi connectivity index (χ0n) is 12.0. The summed E-state index contributed by atoms with van der Waals surface area (Å²) in [5.41, 5.74) is 1.62. The molecule has 1 heterocycles. The third-order valence-corrected chi connectivity index (χ3v) is 2.92. The highest BCUT2D eigenvalue weighted by molar-refractivity contribution is 5.87. The summed E-state index contributed by atoms with van der Waals surface area (Å²) in [5, 5.41) is 13.5. The van der Waals surface area contributed by atoms with Crippen molar-refractivity contribution in [2.75, 3.05) is 6.61 Å². The molecule has 110 valence electrons. The van der Waals surface area contributed by atoms with E-state index in [1.165, 1.54) is 4.68 Å². The molecule has 0 aliphatic heterocycles. The SMILES string of the molecule is C=CCn1nc(-c2ccc(OCCC)cc2)cc1C(=O)O. The summed E-state index contributed by atoms with van der Waals surface area (Å²) in [5.74, 6) is -0.205. The second kappa shape index (κ2) is 6.74. The lowest BCUT2D eigenvalue weighted by atomic mass is 10.1. The van der Waals surface area contributed by atoms with Crippen molar-refractivity contribution in [1.29, 1.82) is 0 Å². The predicted molar refractivity (Wildman–Crippen MR) is 80.6 cm³/mol. The van der Waals surface area contributed by atoms with Crippen molar-refractivity contribution >= 4 is 5.97 Å². The van der Waals surface area contributed by atoms with E-state index in [4.69, 9.17) is 4.74 Å². The third kappa shape index (κ3) is 3.51. The van der Waals surface area contributed by atoms with Crippen LogP contribution in [0, 0.1) is 0 Å². The maximum atomic E-state index is 11.2. The van der Waals surface area contributed by atoms with Gasteiger partial charge >= 0.3 is 5.97 Å². The number of rotatable bonds is 7. The lowest BCUT2D eigenvalue weighted by Crippen LogP contribution is -2.08. The Hall–Kier alpha value is -2.56. The van der Waals surface area contributed by atoms with Crippen LogP contribution in [-0.4, -0.2) is 27.5 Å². The third-order valence-electron chi connectivity index (χ3n) is 2.92. The Labute approximate surface area is 123 Å². The highest BCUT2D eigenvalue weighted by atomic mass is 16.5. The zero-order chi connectivity index (χ0) is 15.2. The normalized spacial score (nSPS) is 10.3. The van der Waals surface area contributed by atoms with E-state index >= 15 is 0 Å².